The summed E-state index contributed by atoms with van der Waals surface area (Å²) < 4.78 is 0. The first-order valence-electron chi connectivity index (χ1n) is 4.80. The third-order valence-corrected chi connectivity index (χ3v) is 2.48. The summed E-state index contributed by atoms with van der Waals surface area (Å²) >= 11 is 0. The van der Waals surface area contributed by atoms with Crippen molar-refractivity contribution >= 4 is 11.9 Å². The summed E-state index contributed by atoms with van der Waals surface area (Å²) in [6.07, 6.45) is 4.23. The van der Waals surface area contributed by atoms with Gasteiger partial charge in [0, 0.05) is 5.57 Å². The molecule has 0 atom stereocenters. The summed E-state index contributed by atoms with van der Waals surface area (Å²) in [5, 5.41) is 10.7. The fraction of sp³-hybridized carbons (Fsp3) is 0.600. The summed E-state index contributed by atoms with van der Waals surface area (Å²) in [5.41, 5.74) is 1.87. The van der Waals surface area contributed by atoms with E-state index in [1.807, 2.05) is 0 Å². The first-order chi connectivity index (χ1) is 6.61. The van der Waals surface area contributed by atoms with Crippen LogP contribution in [0.2, 0.25) is 0 Å². The Kier molecular flexibility index (Phi) is 3.68. The molecule has 2 N–H and O–H groups in total. The van der Waals surface area contributed by atoms with E-state index in [9.17, 15) is 9.59 Å². The first-order valence-corrected chi connectivity index (χ1v) is 4.80. The Morgan fingerprint density at radius 2 is 1.93 bits per heavy atom. The van der Waals surface area contributed by atoms with Gasteiger partial charge in [0.1, 0.15) is 6.54 Å². The van der Waals surface area contributed by atoms with Crippen molar-refractivity contribution < 1.29 is 14.7 Å². The summed E-state index contributed by atoms with van der Waals surface area (Å²) in [5.74, 6) is -1.26. The topological polar surface area (TPSA) is 66.4 Å². The van der Waals surface area contributed by atoms with Crippen molar-refractivity contribution in [2.45, 2.75) is 32.6 Å². The number of hydrogen-bond donors (Lipinski definition) is 2. The number of amides is 1. The lowest BCUT2D eigenvalue weighted by molar-refractivity contribution is -0.137. The van der Waals surface area contributed by atoms with Crippen molar-refractivity contribution in [3.63, 3.8) is 0 Å². The number of rotatable bonds is 3. The molecule has 1 aliphatic carbocycles. The van der Waals surface area contributed by atoms with Crippen LogP contribution >= 0.6 is 0 Å². The van der Waals surface area contributed by atoms with Gasteiger partial charge < -0.3 is 10.4 Å². The molecule has 1 saturated carbocycles. The van der Waals surface area contributed by atoms with E-state index in [0.29, 0.717) is 5.57 Å². The molecule has 0 radical (unpaired) electrons. The predicted molar refractivity (Wildman–Crippen MR) is 51.8 cm³/mol. The fourth-order valence-corrected chi connectivity index (χ4v) is 1.63. The summed E-state index contributed by atoms with van der Waals surface area (Å²) in [6.45, 7) is 1.46. The van der Waals surface area contributed by atoms with Crippen molar-refractivity contribution in [3.8, 4) is 0 Å². The first kappa shape index (κ1) is 10.8. The van der Waals surface area contributed by atoms with E-state index in [-0.39, 0.29) is 12.5 Å². The molecule has 0 aromatic carbocycles. The van der Waals surface area contributed by atoms with E-state index >= 15 is 0 Å². The van der Waals surface area contributed by atoms with Gasteiger partial charge in [-0.2, -0.15) is 0 Å². The fourth-order valence-electron chi connectivity index (χ4n) is 1.63. The Labute approximate surface area is 83.0 Å². The number of aliphatic carboxylic acids is 1. The second-order valence-electron chi connectivity index (χ2n) is 3.51. The van der Waals surface area contributed by atoms with Crippen molar-refractivity contribution in [3.05, 3.63) is 11.1 Å². The van der Waals surface area contributed by atoms with Crippen molar-refractivity contribution in [1.82, 2.24) is 5.32 Å². The minimum absolute atomic E-state index is 0.246. The Hall–Kier alpha value is -1.32. The zero-order valence-corrected chi connectivity index (χ0v) is 8.30. The maximum absolute atomic E-state index is 11.4. The van der Waals surface area contributed by atoms with Crippen LogP contribution in [0.4, 0.5) is 0 Å². The quantitative estimate of drug-likeness (QED) is 0.665. The molecule has 0 aromatic rings. The third-order valence-electron chi connectivity index (χ3n) is 2.48. The number of allylic oxidation sites excluding steroid dienone is 1. The van der Waals surface area contributed by atoms with Crippen LogP contribution in [0, 0.1) is 0 Å². The van der Waals surface area contributed by atoms with E-state index in [4.69, 9.17) is 5.11 Å². The zero-order valence-electron chi connectivity index (χ0n) is 8.30. The summed E-state index contributed by atoms with van der Waals surface area (Å²) in [6, 6.07) is 0. The van der Waals surface area contributed by atoms with Crippen LogP contribution in [0.25, 0.3) is 0 Å². The molecular formula is C10H15NO3. The molecule has 0 bridgehead atoms. The minimum Gasteiger partial charge on any atom is -0.480 e. The standard InChI is InChI=1S/C10H15NO3/c1-7(8-4-2-3-5-8)10(14)11-6-9(12)13/h2-6H2,1H3,(H,11,14)(H,12,13). The van der Waals surface area contributed by atoms with Crippen LogP contribution in [-0.2, 0) is 9.59 Å². The predicted octanol–water partition coefficient (Wildman–Crippen LogP) is 1.08. The zero-order chi connectivity index (χ0) is 10.6. The second-order valence-corrected chi connectivity index (χ2v) is 3.51. The second kappa shape index (κ2) is 4.79. The molecule has 4 heteroatoms. The van der Waals surface area contributed by atoms with Crippen molar-refractivity contribution in [2.24, 2.45) is 0 Å². The highest BCUT2D eigenvalue weighted by molar-refractivity contribution is 5.95. The highest BCUT2D eigenvalue weighted by Gasteiger charge is 2.14. The minimum atomic E-state index is -1.01. The lowest BCUT2D eigenvalue weighted by Crippen LogP contribution is -2.30. The SMILES string of the molecule is CC(C(=O)NCC(=O)O)=C1CCCC1. The maximum atomic E-state index is 11.4. The van der Waals surface area contributed by atoms with Gasteiger partial charge >= 0.3 is 5.97 Å². The smallest absolute Gasteiger partial charge is 0.322 e. The van der Waals surface area contributed by atoms with Crippen molar-refractivity contribution in [2.75, 3.05) is 6.54 Å². The number of carboxylic acid groups (broad SMARTS) is 1. The largest absolute Gasteiger partial charge is 0.480 e. The number of hydrogen-bond acceptors (Lipinski definition) is 2. The molecule has 0 aliphatic heterocycles. The molecule has 1 fully saturated rings. The molecule has 0 spiro atoms. The molecule has 0 aromatic heterocycles. The summed E-state index contributed by atoms with van der Waals surface area (Å²) in [7, 11) is 0. The summed E-state index contributed by atoms with van der Waals surface area (Å²) in [4.78, 5) is 21.6. The molecule has 0 heterocycles. The van der Waals surface area contributed by atoms with E-state index in [0.717, 1.165) is 25.7 Å². The van der Waals surface area contributed by atoms with Crippen molar-refractivity contribution in [1.29, 1.82) is 0 Å². The Balaban J connectivity index is 2.51. The van der Waals surface area contributed by atoms with Gasteiger partial charge in [-0.15, -0.1) is 0 Å². The molecule has 78 valence electrons. The molecule has 1 aliphatic rings. The van der Waals surface area contributed by atoms with Gasteiger partial charge in [-0.1, -0.05) is 5.57 Å². The average molecular weight is 197 g/mol. The molecular weight excluding hydrogens is 182 g/mol. The van der Waals surface area contributed by atoms with Gasteiger partial charge in [0.25, 0.3) is 0 Å². The van der Waals surface area contributed by atoms with E-state index < -0.39 is 5.97 Å². The van der Waals surface area contributed by atoms with Gasteiger partial charge in [-0.05, 0) is 32.6 Å². The van der Waals surface area contributed by atoms with Gasteiger partial charge in [0.2, 0.25) is 5.91 Å². The molecule has 4 nitrogen and oxygen atoms in total. The van der Waals surface area contributed by atoms with E-state index in [1.165, 1.54) is 5.57 Å². The van der Waals surface area contributed by atoms with E-state index in [1.54, 1.807) is 6.92 Å². The Morgan fingerprint density at radius 1 is 1.36 bits per heavy atom. The van der Waals surface area contributed by atoms with Gasteiger partial charge in [0.15, 0.2) is 0 Å². The Bertz CT molecular complexity index is 273. The molecule has 1 amide bonds. The molecule has 0 saturated heterocycles. The maximum Gasteiger partial charge on any atom is 0.322 e. The Morgan fingerprint density at radius 3 is 2.43 bits per heavy atom. The van der Waals surface area contributed by atoms with Crippen LogP contribution in [0.3, 0.4) is 0 Å². The van der Waals surface area contributed by atoms with Crippen LogP contribution < -0.4 is 5.32 Å². The van der Waals surface area contributed by atoms with E-state index in [2.05, 4.69) is 5.32 Å². The lowest BCUT2D eigenvalue weighted by Gasteiger charge is -2.05. The number of carbonyl (C=O) groups is 2. The van der Waals surface area contributed by atoms with Gasteiger partial charge in [-0.25, -0.2) is 0 Å². The third kappa shape index (κ3) is 2.87. The normalized spacial score (nSPS) is 15.4. The number of nitrogens with one attached hydrogen (secondary N) is 1. The molecule has 14 heavy (non-hydrogen) atoms. The number of carbonyl (C=O) groups excluding carboxylic acids is 1. The highest BCUT2D eigenvalue weighted by Crippen LogP contribution is 2.26. The average Bonchev–Trinajstić information content (AvgIpc) is 2.65. The highest BCUT2D eigenvalue weighted by atomic mass is 16.4. The van der Waals surface area contributed by atoms with Crippen LogP contribution in [0.5, 0.6) is 0 Å². The number of carboxylic acids is 1. The lowest BCUT2D eigenvalue weighted by atomic mass is 10.1. The van der Waals surface area contributed by atoms with Crippen LogP contribution in [-0.4, -0.2) is 23.5 Å². The van der Waals surface area contributed by atoms with Gasteiger partial charge in [-0.3, -0.25) is 9.59 Å². The van der Waals surface area contributed by atoms with Gasteiger partial charge in [0.05, 0.1) is 0 Å². The monoisotopic (exact) mass is 197 g/mol. The molecule has 0 unspecified atom stereocenters. The van der Waals surface area contributed by atoms with Crippen LogP contribution in [0.15, 0.2) is 11.1 Å². The molecule has 1 rings (SSSR count). The van der Waals surface area contributed by atoms with Crippen LogP contribution in [0.1, 0.15) is 32.6 Å².